The van der Waals surface area contributed by atoms with Gasteiger partial charge in [0.1, 0.15) is 11.4 Å². The molecular formula is C54H84Cl4F3N3O10S2. The molecule has 2 aliphatic heterocycles. The number of benzene rings is 3. The number of hydrogen-bond acceptors (Lipinski definition) is 11. The van der Waals surface area contributed by atoms with Crippen LogP contribution in [-0.4, -0.2) is 74.5 Å². The Morgan fingerprint density at radius 1 is 0.750 bits per heavy atom. The summed E-state index contributed by atoms with van der Waals surface area (Å²) in [7, 11) is -7.10. The summed E-state index contributed by atoms with van der Waals surface area (Å²) < 4.78 is 87.3. The summed E-state index contributed by atoms with van der Waals surface area (Å²) >= 11 is 19.7. The van der Waals surface area contributed by atoms with Crippen molar-refractivity contribution >= 4 is 99.3 Å². The van der Waals surface area contributed by atoms with E-state index in [2.05, 4.69) is 55.4 Å². The molecule has 0 unspecified atom stereocenters. The maximum Gasteiger partial charge on any atom is 0.446 e. The van der Waals surface area contributed by atoms with Crippen molar-refractivity contribution in [3.05, 3.63) is 95.6 Å². The van der Waals surface area contributed by atoms with Gasteiger partial charge >= 0.3 is 6.18 Å². The van der Waals surface area contributed by atoms with E-state index in [9.17, 15) is 49.2 Å². The number of hydrogen-bond donors (Lipinski definition) is 3. The first-order valence-electron chi connectivity index (χ1n) is 23.3. The van der Waals surface area contributed by atoms with Gasteiger partial charge in [0, 0.05) is 50.1 Å². The third kappa shape index (κ3) is 39.6. The van der Waals surface area contributed by atoms with E-state index in [0.29, 0.717) is 36.0 Å². The Morgan fingerprint density at radius 3 is 1.53 bits per heavy atom. The molecular weight excluding hydrogens is 1110 g/mol. The molecule has 1 spiro atoms. The molecule has 22 heteroatoms. The molecule has 1 fully saturated rings. The SMILES string of the molecule is C.C.C.CC(=O)Cl.CC(C)CCC(=O)Cl.CC(C)c1ccc(S(=O)(=O)NC(C)(C)C)cc1.CCCC(=O)Cl.CCCCC(=O)Cl.NS(=O)(=O)c1ccc(C2=CC3(CCNCC3)Oc3ccccc32)cc1.O=CC(F)(F)F. The fourth-order valence-electron chi connectivity index (χ4n) is 5.94. The van der Waals surface area contributed by atoms with Gasteiger partial charge in [0.2, 0.25) is 47.3 Å². The highest BCUT2D eigenvalue weighted by atomic mass is 35.5. The fraction of sp³-hybridized carbons (Fsp3) is 0.537. The van der Waals surface area contributed by atoms with E-state index in [-0.39, 0.29) is 53.7 Å². The van der Waals surface area contributed by atoms with Crippen LogP contribution in [0.5, 0.6) is 5.75 Å². The van der Waals surface area contributed by atoms with Gasteiger partial charge in [-0.1, -0.05) is 113 Å². The molecule has 13 nitrogen and oxygen atoms in total. The lowest BCUT2D eigenvalue weighted by Crippen LogP contribution is -2.46. The number of ether oxygens (including phenoxy) is 1. The Bertz CT molecular complexity index is 2410. The first-order chi connectivity index (χ1) is 33.5. The lowest BCUT2D eigenvalue weighted by atomic mass is 9.83. The number of halogens is 7. The molecule has 3 aromatic carbocycles. The van der Waals surface area contributed by atoms with Crippen LogP contribution in [0, 0.1) is 5.92 Å². The van der Waals surface area contributed by atoms with Gasteiger partial charge < -0.3 is 10.1 Å². The molecule has 3 aromatic rings. The summed E-state index contributed by atoms with van der Waals surface area (Å²) in [6, 6.07) is 21.7. The second kappa shape index (κ2) is 40.5. The largest absolute Gasteiger partial charge is 0.482 e. The topological polar surface area (TPSA) is 213 Å². The standard InChI is InChI=1S/C19H20N2O3S.C13H21NO2S.C6H11ClO.C5H9ClO.C4H7ClO.C2H3ClO.C2HF3O.3CH4/c20-25(22,23)15-7-5-14(6-8-15)17-13-19(9-11-21-12-10-19)24-18-4-2-1-3-16(17)18;1-10(2)11-6-8-12(9-7-11)17(15,16)14-13(3,4)5;1-5(2)3-4-6(7)8;1-2-3-4-5(6)7;1-2-3-4(5)6;1-2(3)4;3-2(4,5)1-6;;;/h1-8,13,21H,9-12H2,(H2,20,22,23);6-10,14H,1-5H3;5H,3-4H2,1-2H3;2-4H2,1H3;2-3H2,1H3;1H3;1H;3*1H4. The van der Waals surface area contributed by atoms with E-state index in [1.807, 2.05) is 83.1 Å². The Morgan fingerprint density at radius 2 is 1.20 bits per heavy atom. The summed E-state index contributed by atoms with van der Waals surface area (Å²) in [4.78, 5) is 48.2. The van der Waals surface area contributed by atoms with Crippen LogP contribution in [0.1, 0.15) is 172 Å². The van der Waals surface area contributed by atoms with Gasteiger partial charge in [-0.15, -0.1) is 0 Å². The van der Waals surface area contributed by atoms with Crippen LogP contribution < -0.4 is 19.9 Å². The first-order valence-corrected chi connectivity index (χ1v) is 27.8. The number of fused-ring (bicyclic) bond motifs is 1. The van der Waals surface area contributed by atoms with E-state index in [4.69, 9.17) is 49.5 Å². The number of sulfonamides is 2. The molecule has 0 saturated carbocycles. The molecule has 0 bridgehead atoms. The molecule has 436 valence electrons. The van der Waals surface area contributed by atoms with Crippen LogP contribution in [0.4, 0.5) is 13.2 Å². The van der Waals surface area contributed by atoms with Gasteiger partial charge in [-0.05, 0) is 164 Å². The van der Waals surface area contributed by atoms with Gasteiger partial charge in [-0.3, -0.25) is 24.0 Å². The molecule has 5 rings (SSSR count). The Hall–Kier alpha value is -3.72. The number of para-hydroxylation sites is 1. The summed E-state index contributed by atoms with van der Waals surface area (Å²) in [6.45, 7) is 20.8. The highest BCUT2D eigenvalue weighted by Gasteiger charge is 2.37. The van der Waals surface area contributed by atoms with Crippen LogP contribution in [0.3, 0.4) is 0 Å². The summed E-state index contributed by atoms with van der Waals surface area (Å²) in [5, 5.41) is 7.53. The Balaban J connectivity index is -0.000000287. The third-order valence-electron chi connectivity index (χ3n) is 9.36. The number of piperidine rings is 1. The van der Waals surface area contributed by atoms with Crippen LogP contribution in [0.2, 0.25) is 0 Å². The van der Waals surface area contributed by atoms with Crippen molar-refractivity contribution in [3.63, 3.8) is 0 Å². The van der Waals surface area contributed by atoms with Gasteiger partial charge in [0.15, 0.2) is 0 Å². The zero-order chi connectivity index (χ0) is 56.8. The first kappa shape index (κ1) is 81.1. The van der Waals surface area contributed by atoms with Crippen molar-refractivity contribution in [1.82, 2.24) is 10.0 Å². The van der Waals surface area contributed by atoms with Crippen molar-refractivity contribution in [2.24, 2.45) is 11.1 Å². The smallest absolute Gasteiger partial charge is 0.446 e. The normalized spacial score (nSPS) is 12.9. The number of nitrogens with one attached hydrogen (secondary N) is 2. The van der Waals surface area contributed by atoms with E-state index in [1.165, 1.54) is 6.92 Å². The Labute approximate surface area is 473 Å². The number of rotatable bonds is 13. The second-order valence-corrected chi connectivity index (χ2v) is 23.1. The summed E-state index contributed by atoms with van der Waals surface area (Å²) in [6.07, 6.45) is 3.56. The zero-order valence-electron chi connectivity index (χ0n) is 43.1. The van der Waals surface area contributed by atoms with E-state index in [0.717, 1.165) is 79.6 Å². The predicted octanol–water partition coefficient (Wildman–Crippen LogP) is 14.3. The van der Waals surface area contributed by atoms with Crippen molar-refractivity contribution in [1.29, 1.82) is 0 Å². The number of carbonyl (C=O) groups excluding carboxylic acids is 5. The lowest BCUT2D eigenvalue weighted by molar-refractivity contribution is -0.156. The molecule has 0 atom stereocenters. The van der Waals surface area contributed by atoms with Crippen LogP contribution in [-0.2, 0) is 44.0 Å². The molecule has 2 aliphatic rings. The highest BCUT2D eigenvalue weighted by molar-refractivity contribution is 7.89. The lowest BCUT2D eigenvalue weighted by Gasteiger charge is -2.40. The maximum absolute atomic E-state index is 12.0. The molecule has 1 saturated heterocycles. The van der Waals surface area contributed by atoms with E-state index < -0.39 is 38.0 Å². The van der Waals surface area contributed by atoms with Crippen molar-refractivity contribution in [2.45, 2.75) is 182 Å². The monoisotopic (exact) mass is 1200 g/mol. The number of unbranched alkanes of at least 4 members (excludes halogenated alkanes) is 1. The maximum atomic E-state index is 12.0. The van der Waals surface area contributed by atoms with Crippen LogP contribution >= 0.6 is 46.4 Å². The average molecular weight is 1200 g/mol. The van der Waals surface area contributed by atoms with Crippen LogP contribution in [0.25, 0.3) is 5.57 Å². The van der Waals surface area contributed by atoms with Gasteiger partial charge in [0.05, 0.1) is 9.79 Å². The van der Waals surface area contributed by atoms with Gasteiger partial charge in [-0.25, -0.2) is 26.7 Å². The summed E-state index contributed by atoms with van der Waals surface area (Å²) in [5.74, 6) is 1.86. The number of alkyl halides is 3. The number of carbonyl (C=O) groups is 5. The molecule has 0 aliphatic carbocycles. The molecule has 76 heavy (non-hydrogen) atoms. The summed E-state index contributed by atoms with van der Waals surface area (Å²) in [5.41, 5.74) is 3.42. The average Bonchev–Trinajstić information content (AvgIpc) is 3.27. The zero-order valence-corrected chi connectivity index (χ0v) is 47.8. The molecule has 0 aromatic heterocycles. The highest BCUT2D eigenvalue weighted by Crippen LogP contribution is 2.42. The number of aldehydes is 1. The minimum Gasteiger partial charge on any atom is -0.482 e. The minimum absolute atomic E-state index is 0. The van der Waals surface area contributed by atoms with E-state index in [1.54, 1.807) is 24.3 Å². The second-order valence-electron chi connectivity index (χ2n) is 18.1. The molecule has 4 N–H and O–H groups in total. The van der Waals surface area contributed by atoms with Crippen LogP contribution in [0.15, 0.2) is 88.7 Å². The van der Waals surface area contributed by atoms with Crippen molar-refractivity contribution in [2.75, 3.05) is 13.1 Å². The Kier molecular flexibility index (Phi) is 43.2. The van der Waals surface area contributed by atoms with Gasteiger partial charge in [0.25, 0.3) is 0 Å². The molecule has 0 amide bonds. The van der Waals surface area contributed by atoms with E-state index >= 15 is 0 Å². The fourth-order valence-corrected chi connectivity index (χ4v) is 8.30. The predicted molar refractivity (Wildman–Crippen MR) is 307 cm³/mol. The molecule has 0 radical (unpaired) electrons. The number of nitrogens with two attached hydrogens (primary N) is 1. The van der Waals surface area contributed by atoms with Crippen molar-refractivity contribution < 1.29 is 58.7 Å². The quantitative estimate of drug-likeness (QED) is 0.108. The minimum atomic E-state index is -4.64. The number of primary sulfonamides is 1. The van der Waals surface area contributed by atoms with Crippen molar-refractivity contribution in [3.8, 4) is 5.75 Å². The molecule has 2 heterocycles. The van der Waals surface area contributed by atoms with Gasteiger partial charge in [-0.2, -0.15) is 13.2 Å². The third-order valence-corrected chi connectivity index (χ3v) is 12.6.